The van der Waals surface area contributed by atoms with Crippen molar-refractivity contribution in [3.63, 3.8) is 0 Å². The van der Waals surface area contributed by atoms with Crippen LogP contribution >= 0.6 is 11.5 Å². The molecule has 3 rings (SSSR count). The van der Waals surface area contributed by atoms with Crippen LogP contribution in [0.4, 0.5) is 10.8 Å². The van der Waals surface area contributed by atoms with Gasteiger partial charge in [0.05, 0.1) is 5.56 Å². The average molecular weight is 303 g/mol. The van der Waals surface area contributed by atoms with Gasteiger partial charge in [0.25, 0.3) is 0 Å². The lowest BCUT2D eigenvalue weighted by Crippen LogP contribution is -2.57. The molecule has 6 heteroatoms. The molecule has 5 nitrogen and oxygen atoms in total. The number of nitrogens with two attached hydrogens (primary N) is 1. The van der Waals surface area contributed by atoms with Crippen LogP contribution in [0.1, 0.15) is 13.8 Å². The molecule has 1 fully saturated rings. The SMILES string of the molecule is CN1CCN(c2snc(N)c2-c2ccncc2)CC1(C)C. The van der Waals surface area contributed by atoms with E-state index in [1.807, 2.05) is 12.1 Å². The Labute approximate surface area is 129 Å². The number of nitrogens with zero attached hydrogens (tertiary/aromatic N) is 4. The minimum absolute atomic E-state index is 0.145. The van der Waals surface area contributed by atoms with E-state index in [1.165, 1.54) is 16.5 Å². The summed E-state index contributed by atoms with van der Waals surface area (Å²) in [6.07, 6.45) is 3.59. The number of anilines is 2. The van der Waals surface area contributed by atoms with E-state index in [2.05, 4.69) is 40.1 Å². The molecule has 2 aromatic heterocycles. The Morgan fingerprint density at radius 2 is 1.95 bits per heavy atom. The fourth-order valence-electron chi connectivity index (χ4n) is 2.71. The Kier molecular flexibility index (Phi) is 3.59. The molecular formula is C15H21N5S. The number of piperazine rings is 1. The van der Waals surface area contributed by atoms with Gasteiger partial charge < -0.3 is 10.6 Å². The number of hydrogen-bond acceptors (Lipinski definition) is 6. The van der Waals surface area contributed by atoms with Gasteiger partial charge in [0.1, 0.15) is 10.8 Å². The second kappa shape index (κ2) is 5.27. The Balaban J connectivity index is 1.98. The number of pyridine rings is 1. The van der Waals surface area contributed by atoms with E-state index in [-0.39, 0.29) is 5.54 Å². The predicted molar refractivity (Wildman–Crippen MR) is 88.7 cm³/mol. The molecule has 0 spiro atoms. The fourth-order valence-corrected chi connectivity index (χ4v) is 3.57. The van der Waals surface area contributed by atoms with Crippen molar-refractivity contribution < 1.29 is 0 Å². The van der Waals surface area contributed by atoms with Crippen molar-refractivity contribution in [3.05, 3.63) is 24.5 Å². The summed E-state index contributed by atoms with van der Waals surface area (Å²) >= 11 is 1.49. The van der Waals surface area contributed by atoms with Crippen LogP contribution in [0.25, 0.3) is 11.1 Å². The molecule has 0 atom stereocenters. The van der Waals surface area contributed by atoms with Gasteiger partial charge in [0, 0.05) is 37.6 Å². The van der Waals surface area contributed by atoms with Crippen LogP contribution in [0.15, 0.2) is 24.5 Å². The maximum atomic E-state index is 6.12. The zero-order valence-corrected chi connectivity index (χ0v) is 13.5. The van der Waals surface area contributed by atoms with Gasteiger partial charge in [-0.2, -0.15) is 4.37 Å². The van der Waals surface area contributed by atoms with Crippen molar-refractivity contribution in [2.24, 2.45) is 0 Å². The second-order valence-corrected chi connectivity index (χ2v) is 6.89. The number of nitrogen functional groups attached to an aromatic ring is 1. The van der Waals surface area contributed by atoms with Crippen LogP contribution in [0.5, 0.6) is 0 Å². The van der Waals surface area contributed by atoms with Gasteiger partial charge in [-0.3, -0.25) is 9.88 Å². The zero-order chi connectivity index (χ0) is 15.0. The molecular weight excluding hydrogens is 282 g/mol. The Morgan fingerprint density at radius 3 is 2.62 bits per heavy atom. The summed E-state index contributed by atoms with van der Waals surface area (Å²) in [6, 6.07) is 3.98. The second-order valence-electron chi connectivity index (χ2n) is 6.14. The lowest BCUT2D eigenvalue weighted by atomic mass is 9.99. The summed E-state index contributed by atoms with van der Waals surface area (Å²) in [5.41, 5.74) is 8.39. The van der Waals surface area contributed by atoms with Crippen LogP contribution in [-0.4, -0.2) is 46.5 Å². The standard InChI is InChI=1S/C15H21N5S/c1-15(2)10-20(9-8-19(15)3)14-12(13(16)18-21-14)11-4-6-17-7-5-11/h4-7H,8-10H2,1-3H3,(H2,16,18). The molecule has 21 heavy (non-hydrogen) atoms. The smallest absolute Gasteiger partial charge is 0.147 e. The van der Waals surface area contributed by atoms with Crippen molar-refractivity contribution in [3.8, 4) is 11.1 Å². The van der Waals surface area contributed by atoms with Crippen LogP contribution < -0.4 is 10.6 Å². The van der Waals surface area contributed by atoms with Crippen LogP contribution in [-0.2, 0) is 0 Å². The van der Waals surface area contributed by atoms with Crippen LogP contribution in [0.3, 0.4) is 0 Å². The molecule has 0 bridgehead atoms. The molecule has 0 radical (unpaired) electrons. The highest BCUT2D eigenvalue weighted by Crippen LogP contribution is 2.40. The van der Waals surface area contributed by atoms with Crippen molar-refractivity contribution in [1.82, 2.24) is 14.3 Å². The zero-order valence-electron chi connectivity index (χ0n) is 12.7. The van der Waals surface area contributed by atoms with E-state index in [1.54, 1.807) is 12.4 Å². The minimum Gasteiger partial charge on any atom is -0.382 e. The van der Waals surface area contributed by atoms with Crippen molar-refractivity contribution in [1.29, 1.82) is 0 Å². The van der Waals surface area contributed by atoms with Gasteiger partial charge in [0.2, 0.25) is 0 Å². The summed E-state index contributed by atoms with van der Waals surface area (Å²) in [4.78, 5) is 8.89. The fraction of sp³-hybridized carbons (Fsp3) is 0.467. The highest BCUT2D eigenvalue weighted by molar-refractivity contribution is 7.11. The quantitative estimate of drug-likeness (QED) is 0.922. The number of rotatable bonds is 2. The van der Waals surface area contributed by atoms with Gasteiger partial charge in [0.15, 0.2) is 0 Å². The lowest BCUT2D eigenvalue weighted by Gasteiger charge is -2.45. The third kappa shape index (κ3) is 2.61. The molecule has 1 aliphatic rings. The molecule has 0 aromatic carbocycles. The van der Waals surface area contributed by atoms with Crippen LogP contribution in [0.2, 0.25) is 0 Å². The third-order valence-electron chi connectivity index (χ3n) is 4.27. The predicted octanol–water partition coefficient (Wildman–Crippen LogP) is 2.32. The molecule has 2 N–H and O–H groups in total. The number of hydrogen-bond donors (Lipinski definition) is 1. The van der Waals surface area contributed by atoms with Gasteiger partial charge >= 0.3 is 0 Å². The first-order valence-corrected chi connectivity index (χ1v) is 7.88. The van der Waals surface area contributed by atoms with Crippen LogP contribution in [0, 0.1) is 0 Å². The van der Waals surface area contributed by atoms with Crippen molar-refractivity contribution in [2.45, 2.75) is 19.4 Å². The van der Waals surface area contributed by atoms with Gasteiger partial charge in [-0.05, 0) is 50.1 Å². The largest absolute Gasteiger partial charge is 0.382 e. The molecule has 0 amide bonds. The van der Waals surface area contributed by atoms with E-state index in [9.17, 15) is 0 Å². The van der Waals surface area contributed by atoms with Gasteiger partial charge in [-0.1, -0.05) is 0 Å². The van der Waals surface area contributed by atoms with Crippen molar-refractivity contribution in [2.75, 3.05) is 37.3 Å². The number of aromatic nitrogens is 2. The highest BCUT2D eigenvalue weighted by atomic mass is 32.1. The molecule has 2 aromatic rings. The maximum Gasteiger partial charge on any atom is 0.147 e. The summed E-state index contributed by atoms with van der Waals surface area (Å²) in [6.45, 7) is 7.56. The molecule has 1 aliphatic heterocycles. The highest BCUT2D eigenvalue weighted by Gasteiger charge is 2.33. The summed E-state index contributed by atoms with van der Waals surface area (Å²) in [5.74, 6) is 0.609. The van der Waals surface area contributed by atoms with E-state index in [0.717, 1.165) is 30.8 Å². The number of likely N-dealkylation sites (N-methyl/N-ethyl adjacent to an activating group) is 1. The first-order chi connectivity index (χ1) is 9.99. The lowest BCUT2D eigenvalue weighted by molar-refractivity contribution is 0.139. The summed E-state index contributed by atoms with van der Waals surface area (Å²) in [5, 5.41) is 1.17. The molecule has 0 unspecified atom stereocenters. The molecule has 0 aliphatic carbocycles. The Bertz CT molecular complexity index is 622. The van der Waals surface area contributed by atoms with Gasteiger partial charge in [-0.25, -0.2) is 0 Å². The first kappa shape index (κ1) is 14.3. The maximum absolute atomic E-state index is 6.12. The third-order valence-corrected chi connectivity index (χ3v) is 5.20. The Hall–Kier alpha value is -1.66. The normalized spacial score (nSPS) is 18.9. The average Bonchev–Trinajstić information content (AvgIpc) is 2.84. The summed E-state index contributed by atoms with van der Waals surface area (Å²) in [7, 11) is 2.18. The molecule has 1 saturated heterocycles. The van der Waals surface area contributed by atoms with E-state index in [0.29, 0.717) is 5.82 Å². The van der Waals surface area contributed by atoms with Crippen molar-refractivity contribution >= 4 is 22.4 Å². The molecule has 112 valence electrons. The first-order valence-electron chi connectivity index (χ1n) is 7.11. The summed E-state index contributed by atoms with van der Waals surface area (Å²) < 4.78 is 4.38. The van der Waals surface area contributed by atoms with E-state index < -0.39 is 0 Å². The molecule has 3 heterocycles. The van der Waals surface area contributed by atoms with E-state index in [4.69, 9.17) is 5.73 Å². The monoisotopic (exact) mass is 303 g/mol. The van der Waals surface area contributed by atoms with E-state index >= 15 is 0 Å². The molecule has 0 saturated carbocycles. The minimum atomic E-state index is 0.145. The van der Waals surface area contributed by atoms with Gasteiger partial charge in [-0.15, -0.1) is 0 Å². The topological polar surface area (TPSA) is 58.3 Å². The Morgan fingerprint density at radius 1 is 1.24 bits per heavy atom.